The van der Waals surface area contributed by atoms with E-state index in [0.717, 1.165) is 22.8 Å². The summed E-state index contributed by atoms with van der Waals surface area (Å²) in [5, 5.41) is 2.63. The highest BCUT2D eigenvalue weighted by Crippen LogP contribution is 2.34. The molecular formula is C26H25F3N4O3. The van der Waals surface area contributed by atoms with E-state index in [1.54, 1.807) is 12.1 Å². The molecule has 3 aromatic rings. The van der Waals surface area contributed by atoms with Crippen molar-refractivity contribution in [3.8, 4) is 5.75 Å². The van der Waals surface area contributed by atoms with Gasteiger partial charge in [-0.25, -0.2) is 0 Å². The van der Waals surface area contributed by atoms with E-state index >= 15 is 0 Å². The molecule has 10 heteroatoms. The summed E-state index contributed by atoms with van der Waals surface area (Å²) in [6, 6.07) is 12.6. The van der Waals surface area contributed by atoms with Gasteiger partial charge in [-0.05, 0) is 77.9 Å². The molecule has 0 radical (unpaired) electrons. The molecule has 1 unspecified atom stereocenters. The number of carbonyl (C=O) groups excluding carboxylic acids is 2. The van der Waals surface area contributed by atoms with E-state index in [1.165, 1.54) is 18.3 Å². The minimum absolute atomic E-state index is 0.0303. The normalized spacial score (nSPS) is 15.2. The number of aromatic nitrogens is 1. The maximum absolute atomic E-state index is 13.3. The molecule has 2 amide bonds. The van der Waals surface area contributed by atoms with Gasteiger partial charge in [-0.15, -0.1) is 0 Å². The Morgan fingerprint density at radius 1 is 1.08 bits per heavy atom. The molecule has 5 N–H and O–H groups in total. The first-order chi connectivity index (χ1) is 17.1. The molecule has 1 atom stereocenters. The Bertz CT molecular complexity index is 1290. The van der Waals surface area contributed by atoms with Crippen LogP contribution in [0.25, 0.3) is 0 Å². The molecule has 0 fully saturated rings. The first kappa shape index (κ1) is 25.2. The first-order valence-electron chi connectivity index (χ1n) is 11.3. The van der Waals surface area contributed by atoms with Gasteiger partial charge in [-0.2, -0.15) is 13.2 Å². The van der Waals surface area contributed by atoms with Crippen LogP contribution < -0.4 is 21.5 Å². The molecule has 36 heavy (non-hydrogen) atoms. The number of anilines is 1. The standard InChI is InChI=1S/C26H25F3N4O3/c27-26(28,29)22-12-20(5-3-18(22)13-30)33-25(35)17-2-1-16-4-6-21(11-19(16)10-17)36-14-15-7-8-32-23(9-15)24(31)34/h3-9,11-12,17H,1-2,10,13-14,30H2,(H2,31,34)(H,33,35). The fourth-order valence-corrected chi connectivity index (χ4v) is 4.25. The zero-order chi connectivity index (χ0) is 25.9. The van der Waals surface area contributed by atoms with Gasteiger partial charge in [-0.3, -0.25) is 14.6 Å². The lowest BCUT2D eigenvalue weighted by Gasteiger charge is -2.25. The van der Waals surface area contributed by atoms with Crippen molar-refractivity contribution < 1.29 is 27.5 Å². The van der Waals surface area contributed by atoms with Crippen molar-refractivity contribution in [2.75, 3.05) is 5.32 Å². The number of pyridine rings is 1. The quantitative estimate of drug-likeness (QED) is 0.455. The summed E-state index contributed by atoms with van der Waals surface area (Å²) in [6.07, 6.45) is -1.39. The molecular weight excluding hydrogens is 473 g/mol. The van der Waals surface area contributed by atoms with Gasteiger partial charge in [0.15, 0.2) is 0 Å². The van der Waals surface area contributed by atoms with Crippen molar-refractivity contribution in [2.45, 2.75) is 38.6 Å². The van der Waals surface area contributed by atoms with E-state index in [2.05, 4.69) is 10.3 Å². The number of nitrogens with one attached hydrogen (secondary N) is 1. The lowest BCUT2D eigenvalue weighted by molar-refractivity contribution is -0.138. The predicted molar refractivity (Wildman–Crippen MR) is 127 cm³/mol. The largest absolute Gasteiger partial charge is 0.489 e. The van der Waals surface area contributed by atoms with Crippen molar-refractivity contribution in [3.63, 3.8) is 0 Å². The number of primary amides is 1. The van der Waals surface area contributed by atoms with E-state index < -0.39 is 23.6 Å². The first-order valence-corrected chi connectivity index (χ1v) is 11.3. The van der Waals surface area contributed by atoms with Gasteiger partial charge in [0.25, 0.3) is 5.91 Å². The number of alkyl halides is 3. The summed E-state index contributed by atoms with van der Waals surface area (Å²) >= 11 is 0. The van der Waals surface area contributed by atoms with Crippen LogP contribution in [0.3, 0.4) is 0 Å². The molecule has 2 aromatic carbocycles. The summed E-state index contributed by atoms with van der Waals surface area (Å²) in [6.45, 7) is -0.0494. The van der Waals surface area contributed by atoms with Gasteiger partial charge in [0.1, 0.15) is 18.1 Å². The summed E-state index contributed by atoms with van der Waals surface area (Å²) in [7, 11) is 0. The Morgan fingerprint density at radius 3 is 2.61 bits per heavy atom. The fourth-order valence-electron chi connectivity index (χ4n) is 4.25. The molecule has 0 saturated heterocycles. The van der Waals surface area contributed by atoms with Gasteiger partial charge in [-0.1, -0.05) is 12.1 Å². The summed E-state index contributed by atoms with van der Waals surface area (Å²) in [5.41, 5.74) is 12.8. The van der Waals surface area contributed by atoms with Crippen LogP contribution in [0, 0.1) is 5.92 Å². The molecule has 0 spiro atoms. The number of ether oxygens (including phenoxy) is 1. The number of nitrogens with two attached hydrogens (primary N) is 2. The van der Waals surface area contributed by atoms with E-state index in [0.29, 0.717) is 25.0 Å². The third kappa shape index (κ3) is 5.83. The maximum atomic E-state index is 13.3. The van der Waals surface area contributed by atoms with E-state index in [9.17, 15) is 22.8 Å². The summed E-state index contributed by atoms with van der Waals surface area (Å²) in [4.78, 5) is 28.1. The number of benzene rings is 2. The van der Waals surface area contributed by atoms with Crippen LogP contribution in [0.5, 0.6) is 5.75 Å². The average Bonchev–Trinajstić information content (AvgIpc) is 2.86. The molecule has 0 aliphatic heterocycles. The number of aryl methyl sites for hydroxylation is 1. The Hall–Kier alpha value is -3.92. The number of nitrogens with zero attached hydrogens (tertiary/aromatic N) is 1. The minimum Gasteiger partial charge on any atom is -0.489 e. The highest BCUT2D eigenvalue weighted by atomic mass is 19.4. The van der Waals surface area contributed by atoms with E-state index in [1.807, 2.05) is 18.2 Å². The number of amides is 2. The second kappa shape index (κ2) is 10.4. The van der Waals surface area contributed by atoms with Crippen LogP contribution in [-0.4, -0.2) is 16.8 Å². The number of fused-ring (bicyclic) bond motifs is 1. The lowest BCUT2D eigenvalue weighted by Crippen LogP contribution is -2.28. The zero-order valence-electron chi connectivity index (χ0n) is 19.3. The Balaban J connectivity index is 1.43. The molecule has 1 aliphatic rings. The molecule has 0 saturated carbocycles. The third-order valence-electron chi connectivity index (χ3n) is 6.16. The van der Waals surface area contributed by atoms with Crippen molar-refractivity contribution in [2.24, 2.45) is 17.4 Å². The van der Waals surface area contributed by atoms with Gasteiger partial charge in [0.05, 0.1) is 5.56 Å². The Labute approximate surface area is 205 Å². The molecule has 1 heterocycles. The van der Waals surface area contributed by atoms with Crippen LogP contribution in [0.2, 0.25) is 0 Å². The van der Waals surface area contributed by atoms with Crippen LogP contribution in [-0.2, 0) is 37.0 Å². The van der Waals surface area contributed by atoms with E-state index in [-0.39, 0.29) is 36.0 Å². The second-order valence-electron chi connectivity index (χ2n) is 8.64. The summed E-state index contributed by atoms with van der Waals surface area (Å²) in [5.74, 6) is -0.759. The van der Waals surface area contributed by atoms with Crippen LogP contribution in [0.15, 0.2) is 54.7 Å². The number of halogens is 3. The zero-order valence-corrected chi connectivity index (χ0v) is 19.3. The highest BCUT2D eigenvalue weighted by molar-refractivity contribution is 5.93. The SMILES string of the molecule is NCc1ccc(NC(=O)C2CCc3ccc(OCc4ccnc(C(N)=O)c4)cc3C2)cc1C(F)(F)F. The van der Waals surface area contributed by atoms with Gasteiger partial charge < -0.3 is 21.5 Å². The third-order valence-corrected chi connectivity index (χ3v) is 6.16. The topological polar surface area (TPSA) is 120 Å². The van der Waals surface area contributed by atoms with Crippen molar-refractivity contribution >= 4 is 17.5 Å². The average molecular weight is 499 g/mol. The Morgan fingerprint density at radius 2 is 1.89 bits per heavy atom. The Kier molecular flexibility index (Phi) is 7.25. The lowest BCUT2D eigenvalue weighted by atomic mass is 9.83. The second-order valence-corrected chi connectivity index (χ2v) is 8.64. The number of carbonyl (C=O) groups is 2. The van der Waals surface area contributed by atoms with Crippen molar-refractivity contribution in [3.05, 3.63) is 88.2 Å². The molecule has 1 aliphatic carbocycles. The van der Waals surface area contributed by atoms with Gasteiger partial charge >= 0.3 is 6.18 Å². The summed E-state index contributed by atoms with van der Waals surface area (Å²) < 4.78 is 45.9. The van der Waals surface area contributed by atoms with Crippen LogP contribution in [0.1, 0.15) is 44.7 Å². The smallest absolute Gasteiger partial charge is 0.416 e. The molecule has 0 bridgehead atoms. The van der Waals surface area contributed by atoms with E-state index in [4.69, 9.17) is 16.2 Å². The number of hydrogen-bond acceptors (Lipinski definition) is 5. The monoisotopic (exact) mass is 498 g/mol. The van der Waals surface area contributed by atoms with Crippen molar-refractivity contribution in [1.82, 2.24) is 4.98 Å². The minimum atomic E-state index is -4.56. The van der Waals surface area contributed by atoms with Crippen molar-refractivity contribution in [1.29, 1.82) is 0 Å². The van der Waals surface area contributed by atoms with Crippen LogP contribution >= 0.6 is 0 Å². The van der Waals surface area contributed by atoms with Gasteiger partial charge in [0, 0.05) is 24.3 Å². The number of rotatable bonds is 7. The van der Waals surface area contributed by atoms with Gasteiger partial charge in [0.2, 0.25) is 5.91 Å². The fraction of sp³-hybridized carbons (Fsp3) is 0.269. The molecule has 1 aromatic heterocycles. The molecule has 4 rings (SSSR count). The number of hydrogen-bond donors (Lipinski definition) is 3. The maximum Gasteiger partial charge on any atom is 0.416 e. The molecule has 7 nitrogen and oxygen atoms in total. The predicted octanol–water partition coefficient (Wildman–Crippen LogP) is 3.98. The highest BCUT2D eigenvalue weighted by Gasteiger charge is 2.33. The molecule has 188 valence electrons. The van der Waals surface area contributed by atoms with Crippen LogP contribution in [0.4, 0.5) is 18.9 Å².